The molecule has 0 saturated heterocycles. The summed E-state index contributed by atoms with van der Waals surface area (Å²) in [6, 6.07) is 11.9. The zero-order valence-electron chi connectivity index (χ0n) is 15.3. The number of amides is 1. The largest absolute Gasteiger partial charge is 0.497 e. The lowest BCUT2D eigenvalue weighted by atomic mass is 10.1. The lowest BCUT2D eigenvalue weighted by molar-refractivity contribution is -0.119. The number of aromatic nitrogens is 3. The number of nitrogens with zero attached hydrogens (tertiary/aromatic N) is 3. The monoisotopic (exact) mass is 368 g/mol. The van der Waals surface area contributed by atoms with Crippen molar-refractivity contribution in [3.05, 3.63) is 58.4 Å². The lowest BCUT2D eigenvalue weighted by Crippen LogP contribution is -2.34. The Morgan fingerprint density at radius 1 is 1.15 bits per heavy atom. The molecule has 3 rings (SSSR count). The van der Waals surface area contributed by atoms with Crippen molar-refractivity contribution in [1.82, 2.24) is 20.3 Å². The fourth-order valence-electron chi connectivity index (χ4n) is 2.85. The van der Waals surface area contributed by atoms with Gasteiger partial charge in [-0.05, 0) is 29.8 Å². The zero-order valence-corrected chi connectivity index (χ0v) is 15.3. The van der Waals surface area contributed by atoms with Crippen LogP contribution in [0.25, 0.3) is 10.9 Å². The maximum absolute atomic E-state index is 12.8. The van der Waals surface area contributed by atoms with E-state index >= 15 is 0 Å². The molecule has 27 heavy (non-hydrogen) atoms. The molecule has 1 atom stereocenters. The van der Waals surface area contributed by atoms with Crippen LogP contribution in [0.5, 0.6) is 11.5 Å². The molecule has 3 aromatic rings. The Bertz CT molecular complexity index is 1010. The zero-order chi connectivity index (χ0) is 19.4. The summed E-state index contributed by atoms with van der Waals surface area (Å²) in [6.07, 6.45) is 0. The number of rotatable bonds is 6. The highest BCUT2D eigenvalue weighted by Gasteiger charge is 2.17. The smallest absolute Gasteiger partial charge is 0.277 e. The first-order valence-electron chi connectivity index (χ1n) is 8.35. The van der Waals surface area contributed by atoms with Gasteiger partial charge < -0.3 is 14.8 Å². The second-order valence-corrected chi connectivity index (χ2v) is 5.96. The predicted octanol–water partition coefficient (Wildman–Crippen LogP) is 1.69. The molecule has 0 bridgehead atoms. The van der Waals surface area contributed by atoms with Crippen molar-refractivity contribution in [2.75, 3.05) is 14.2 Å². The molecule has 8 heteroatoms. The SMILES string of the molecule is COc1ccc([C@@H](Cn2nnc3c(OC)cccc3c2=O)NC(C)=O)cc1. The Kier molecular flexibility index (Phi) is 5.35. The van der Waals surface area contributed by atoms with Gasteiger partial charge in [-0.3, -0.25) is 9.59 Å². The van der Waals surface area contributed by atoms with Crippen LogP contribution in [0.2, 0.25) is 0 Å². The van der Waals surface area contributed by atoms with E-state index in [0.29, 0.717) is 22.4 Å². The summed E-state index contributed by atoms with van der Waals surface area (Å²) in [5.74, 6) is 0.979. The molecule has 1 heterocycles. The quantitative estimate of drug-likeness (QED) is 0.711. The molecule has 0 spiro atoms. The summed E-state index contributed by atoms with van der Waals surface area (Å²) in [5.41, 5.74) is 0.926. The Morgan fingerprint density at radius 2 is 1.89 bits per heavy atom. The van der Waals surface area contributed by atoms with Gasteiger partial charge in [0, 0.05) is 6.92 Å². The van der Waals surface area contributed by atoms with Crippen molar-refractivity contribution in [3.8, 4) is 11.5 Å². The second kappa shape index (κ2) is 7.86. The first kappa shape index (κ1) is 18.4. The third-order valence-electron chi connectivity index (χ3n) is 4.19. The second-order valence-electron chi connectivity index (χ2n) is 5.96. The van der Waals surface area contributed by atoms with E-state index in [9.17, 15) is 9.59 Å². The van der Waals surface area contributed by atoms with Gasteiger partial charge in [-0.15, -0.1) is 5.10 Å². The molecule has 140 valence electrons. The van der Waals surface area contributed by atoms with Gasteiger partial charge in [0.15, 0.2) is 0 Å². The number of methoxy groups -OCH3 is 2. The molecule has 8 nitrogen and oxygen atoms in total. The summed E-state index contributed by atoms with van der Waals surface area (Å²) in [6.45, 7) is 1.57. The minimum absolute atomic E-state index is 0.144. The third-order valence-corrected chi connectivity index (χ3v) is 4.19. The fourth-order valence-corrected chi connectivity index (χ4v) is 2.85. The predicted molar refractivity (Wildman–Crippen MR) is 99.9 cm³/mol. The van der Waals surface area contributed by atoms with Gasteiger partial charge in [-0.1, -0.05) is 23.4 Å². The van der Waals surface area contributed by atoms with Crippen LogP contribution in [0.1, 0.15) is 18.5 Å². The van der Waals surface area contributed by atoms with Crippen LogP contribution in [-0.2, 0) is 11.3 Å². The number of hydrogen-bond acceptors (Lipinski definition) is 6. The van der Waals surface area contributed by atoms with Crippen molar-refractivity contribution in [2.45, 2.75) is 19.5 Å². The van der Waals surface area contributed by atoms with E-state index in [1.54, 1.807) is 37.4 Å². The molecular weight excluding hydrogens is 348 g/mol. The molecule has 0 radical (unpaired) electrons. The van der Waals surface area contributed by atoms with Crippen LogP contribution < -0.4 is 20.3 Å². The average Bonchev–Trinajstić information content (AvgIpc) is 2.68. The number of nitrogens with one attached hydrogen (secondary N) is 1. The van der Waals surface area contributed by atoms with Crippen LogP contribution in [0, 0.1) is 0 Å². The van der Waals surface area contributed by atoms with Crippen molar-refractivity contribution >= 4 is 16.8 Å². The third kappa shape index (κ3) is 3.89. The van der Waals surface area contributed by atoms with E-state index < -0.39 is 6.04 Å². The molecular formula is C19H20N4O4. The van der Waals surface area contributed by atoms with Crippen LogP contribution >= 0.6 is 0 Å². The Balaban J connectivity index is 1.99. The van der Waals surface area contributed by atoms with Crippen LogP contribution in [0.4, 0.5) is 0 Å². The van der Waals surface area contributed by atoms with E-state index in [1.165, 1.54) is 18.7 Å². The van der Waals surface area contributed by atoms with Gasteiger partial charge in [0.25, 0.3) is 5.56 Å². The summed E-state index contributed by atoms with van der Waals surface area (Å²) in [5, 5.41) is 11.4. The molecule has 1 aromatic heterocycles. The normalized spacial score (nSPS) is 11.8. The van der Waals surface area contributed by atoms with E-state index in [1.807, 2.05) is 12.1 Å². The highest BCUT2D eigenvalue weighted by Crippen LogP contribution is 2.21. The molecule has 1 amide bonds. The van der Waals surface area contributed by atoms with Crippen molar-refractivity contribution in [1.29, 1.82) is 0 Å². The van der Waals surface area contributed by atoms with Gasteiger partial charge in [0.05, 0.1) is 32.2 Å². The highest BCUT2D eigenvalue weighted by molar-refractivity contribution is 5.83. The van der Waals surface area contributed by atoms with Crippen LogP contribution in [0.3, 0.4) is 0 Å². The number of benzene rings is 2. The van der Waals surface area contributed by atoms with Gasteiger partial charge in [-0.2, -0.15) is 0 Å². The number of hydrogen-bond donors (Lipinski definition) is 1. The number of fused-ring (bicyclic) bond motifs is 1. The summed E-state index contributed by atoms with van der Waals surface area (Å²) in [7, 11) is 3.09. The molecule has 0 fully saturated rings. The summed E-state index contributed by atoms with van der Waals surface area (Å²) in [4.78, 5) is 24.5. The van der Waals surface area contributed by atoms with Crippen LogP contribution in [0.15, 0.2) is 47.3 Å². The molecule has 0 aliphatic heterocycles. The standard InChI is InChI=1S/C19H20N4O4/c1-12(24)20-16(13-7-9-14(26-2)10-8-13)11-23-19(25)15-5-4-6-17(27-3)18(15)21-22-23/h4-10,16H,11H2,1-3H3,(H,20,24)/t16-/m1/s1. The molecule has 2 aromatic carbocycles. The average molecular weight is 368 g/mol. The summed E-state index contributed by atoms with van der Waals surface area (Å²) >= 11 is 0. The maximum Gasteiger partial charge on any atom is 0.277 e. The van der Waals surface area contributed by atoms with Gasteiger partial charge in [0.1, 0.15) is 17.0 Å². The van der Waals surface area contributed by atoms with Crippen LogP contribution in [-0.4, -0.2) is 35.1 Å². The van der Waals surface area contributed by atoms with E-state index in [-0.39, 0.29) is 18.0 Å². The minimum Gasteiger partial charge on any atom is -0.497 e. The van der Waals surface area contributed by atoms with Crippen molar-refractivity contribution in [3.63, 3.8) is 0 Å². The molecule has 0 unspecified atom stereocenters. The molecule has 1 N–H and O–H groups in total. The van der Waals surface area contributed by atoms with E-state index in [0.717, 1.165) is 5.56 Å². The Labute approximate surface area is 155 Å². The first-order chi connectivity index (χ1) is 13.0. The number of carbonyl (C=O) groups excluding carboxylic acids is 1. The van der Waals surface area contributed by atoms with Crippen molar-refractivity contribution < 1.29 is 14.3 Å². The number of ether oxygens (including phenoxy) is 2. The Morgan fingerprint density at radius 3 is 2.52 bits per heavy atom. The lowest BCUT2D eigenvalue weighted by Gasteiger charge is -2.19. The molecule has 0 saturated carbocycles. The van der Waals surface area contributed by atoms with E-state index in [4.69, 9.17) is 9.47 Å². The van der Waals surface area contributed by atoms with Crippen molar-refractivity contribution in [2.24, 2.45) is 0 Å². The first-order valence-corrected chi connectivity index (χ1v) is 8.35. The number of carbonyl (C=O) groups is 1. The van der Waals surface area contributed by atoms with Gasteiger partial charge >= 0.3 is 0 Å². The molecule has 0 aliphatic rings. The molecule has 0 aliphatic carbocycles. The highest BCUT2D eigenvalue weighted by atomic mass is 16.5. The maximum atomic E-state index is 12.8. The van der Waals surface area contributed by atoms with Gasteiger partial charge in [-0.25, -0.2) is 4.68 Å². The topological polar surface area (TPSA) is 95.3 Å². The van der Waals surface area contributed by atoms with E-state index in [2.05, 4.69) is 15.6 Å². The fraction of sp³-hybridized carbons (Fsp3) is 0.263. The summed E-state index contributed by atoms with van der Waals surface area (Å²) < 4.78 is 11.6. The minimum atomic E-state index is -0.441. The Hall–Kier alpha value is -3.42. The van der Waals surface area contributed by atoms with Gasteiger partial charge in [0.2, 0.25) is 5.91 Å².